The van der Waals surface area contributed by atoms with Gasteiger partial charge in [0.25, 0.3) is 5.91 Å². The van der Waals surface area contributed by atoms with Crippen LogP contribution in [0.2, 0.25) is 0 Å². The molecule has 1 heterocycles. The Morgan fingerprint density at radius 2 is 1.86 bits per heavy atom. The van der Waals surface area contributed by atoms with Crippen molar-refractivity contribution in [1.29, 1.82) is 0 Å². The maximum Gasteiger partial charge on any atom is 0.253 e. The number of benzene rings is 1. The number of piperazine rings is 1. The van der Waals surface area contributed by atoms with Gasteiger partial charge in [-0.05, 0) is 31.9 Å². The van der Waals surface area contributed by atoms with Crippen LogP contribution < -0.4 is 15.0 Å². The Morgan fingerprint density at radius 1 is 1.19 bits per heavy atom. The number of amides is 2. The third-order valence-corrected chi connectivity index (χ3v) is 4.00. The molecule has 1 fully saturated rings. The van der Waals surface area contributed by atoms with Gasteiger partial charge in [-0.25, -0.2) is 0 Å². The van der Waals surface area contributed by atoms with Crippen LogP contribution in [-0.2, 0) is 9.59 Å². The van der Waals surface area contributed by atoms with Crippen molar-refractivity contribution in [2.45, 2.75) is 39.2 Å². The highest BCUT2D eigenvalue weighted by Crippen LogP contribution is 2.32. The molecule has 1 saturated heterocycles. The number of anilines is 1. The largest absolute Gasteiger partial charge is 0.492 e. The summed E-state index contributed by atoms with van der Waals surface area (Å²) in [6, 6.07) is 7.34. The second-order valence-electron chi connectivity index (χ2n) is 5.13. The molecule has 1 N–H and O–H groups in total. The number of carbonyl (C=O) groups excluding carboxylic acids is 2. The topological polar surface area (TPSA) is 58.6 Å². The first kappa shape index (κ1) is 15.4. The quantitative estimate of drug-likeness (QED) is 0.903. The number of hydrogen-bond acceptors (Lipinski definition) is 3. The van der Waals surface area contributed by atoms with E-state index < -0.39 is 5.54 Å². The monoisotopic (exact) mass is 290 g/mol. The maximum absolute atomic E-state index is 12.9. The van der Waals surface area contributed by atoms with Crippen LogP contribution >= 0.6 is 0 Å². The predicted octanol–water partition coefficient (Wildman–Crippen LogP) is 2.11. The molecule has 5 heteroatoms. The molecule has 0 atom stereocenters. The van der Waals surface area contributed by atoms with E-state index in [1.165, 1.54) is 4.90 Å². The zero-order valence-electron chi connectivity index (χ0n) is 12.8. The molecule has 0 saturated carbocycles. The lowest BCUT2D eigenvalue weighted by Crippen LogP contribution is -2.66. The average molecular weight is 290 g/mol. The van der Waals surface area contributed by atoms with Crippen molar-refractivity contribution >= 4 is 17.5 Å². The molecule has 0 bridgehead atoms. The number of carbonyl (C=O) groups is 2. The van der Waals surface area contributed by atoms with Crippen LogP contribution in [0.1, 0.15) is 33.6 Å². The number of nitrogens with one attached hydrogen (secondary N) is 1. The molecule has 5 nitrogen and oxygen atoms in total. The van der Waals surface area contributed by atoms with E-state index in [9.17, 15) is 9.59 Å². The molecule has 0 spiro atoms. The minimum Gasteiger partial charge on any atom is -0.492 e. The van der Waals surface area contributed by atoms with Gasteiger partial charge in [0, 0.05) is 0 Å². The van der Waals surface area contributed by atoms with Crippen LogP contribution in [0.5, 0.6) is 5.75 Å². The summed E-state index contributed by atoms with van der Waals surface area (Å²) in [5.41, 5.74) is -0.153. The fraction of sp³-hybridized carbons (Fsp3) is 0.500. The first-order chi connectivity index (χ1) is 10.1. The Labute approximate surface area is 125 Å². The molecule has 0 aromatic heterocycles. The van der Waals surface area contributed by atoms with Crippen molar-refractivity contribution in [3.05, 3.63) is 24.3 Å². The molecule has 0 unspecified atom stereocenters. The summed E-state index contributed by atoms with van der Waals surface area (Å²) in [5, 5.41) is 2.86. The van der Waals surface area contributed by atoms with Crippen LogP contribution in [0, 0.1) is 0 Å². The summed E-state index contributed by atoms with van der Waals surface area (Å²) in [6.45, 7) is 6.27. The average Bonchev–Trinajstić information content (AvgIpc) is 2.50. The van der Waals surface area contributed by atoms with Crippen molar-refractivity contribution in [3.63, 3.8) is 0 Å². The Hall–Kier alpha value is -2.04. The summed E-state index contributed by atoms with van der Waals surface area (Å²) in [5.74, 6) is 0.424. The lowest BCUT2D eigenvalue weighted by atomic mass is 9.88. The van der Waals surface area contributed by atoms with Gasteiger partial charge < -0.3 is 10.1 Å². The van der Waals surface area contributed by atoms with E-state index in [-0.39, 0.29) is 18.4 Å². The molecule has 1 aliphatic heterocycles. The van der Waals surface area contributed by atoms with Gasteiger partial charge in [0.1, 0.15) is 17.8 Å². The third kappa shape index (κ3) is 2.73. The second kappa shape index (κ2) is 6.16. The van der Waals surface area contributed by atoms with Crippen LogP contribution in [0.15, 0.2) is 24.3 Å². The van der Waals surface area contributed by atoms with Gasteiger partial charge in [-0.15, -0.1) is 0 Å². The number of hydrogen-bond donors (Lipinski definition) is 1. The van der Waals surface area contributed by atoms with Gasteiger partial charge in [0.05, 0.1) is 12.3 Å². The molecule has 0 aliphatic carbocycles. The van der Waals surface area contributed by atoms with Gasteiger partial charge in [0.2, 0.25) is 5.91 Å². The van der Waals surface area contributed by atoms with E-state index in [0.717, 1.165) is 0 Å². The Bertz CT molecular complexity index is 538. The van der Waals surface area contributed by atoms with Crippen LogP contribution in [0.3, 0.4) is 0 Å². The molecule has 21 heavy (non-hydrogen) atoms. The molecule has 1 aromatic carbocycles. The maximum atomic E-state index is 12.9. The van der Waals surface area contributed by atoms with Crippen LogP contribution in [-0.4, -0.2) is 30.5 Å². The predicted molar refractivity (Wildman–Crippen MR) is 81.4 cm³/mol. The van der Waals surface area contributed by atoms with Crippen LogP contribution in [0.25, 0.3) is 0 Å². The van der Waals surface area contributed by atoms with Crippen molar-refractivity contribution in [2.24, 2.45) is 0 Å². The Balaban J connectivity index is 2.43. The fourth-order valence-corrected chi connectivity index (χ4v) is 2.72. The van der Waals surface area contributed by atoms with Gasteiger partial charge in [-0.3, -0.25) is 14.5 Å². The van der Waals surface area contributed by atoms with E-state index in [2.05, 4.69) is 5.32 Å². The van der Waals surface area contributed by atoms with Crippen molar-refractivity contribution in [2.75, 3.05) is 18.1 Å². The minimum atomic E-state index is -0.811. The number of rotatable bonds is 5. The third-order valence-electron chi connectivity index (χ3n) is 4.00. The highest BCUT2D eigenvalue weighted by molar-refractivity contribution is 6.09. The van der Waals surface area contributed by atoms with E-state index in [1.54, 1.807) is 0 Å². The Morgan fingerprint density at radius 3 is 2.48 bits per heavy atom. The number of nitrogens with zero attached hydrogens (tertiary/aromatic N) is 1. The molecule has 1 aliphatic rings. The first-order valence-electron chi connectivity index (χ1n) is 7.42. The number of para-hydroxylation sites is 2. The zero-order valence-corrected chi connectivity index (χ0v) is 12.8. The smallest absolute Gasteiger partial charge is 0.253 e. The Kier molecular flexibility index (Phi) is 4.50. The summed E-state index contributed by atoms with van der Waals surface area (Å²) >= 11 is 0. The van der Waals surface area contributed by atoms with E-state index >= 15 is 0 Å². The molecular weight excluding hydrogens is 268 g/mol. The molecular formula is C16H22N2O3. The van der Waals surface area contributed by atoms with E-state index in [4.69, 9.17) is 4.74 Å². The SMILES string of the molecule is CCOc1ccccc1N1CC(=O)NC(CC)(CC)C1=O. The van der Waals surface area contributed by atoms with E-state index in [0.29, 0.717) is 30.9 Å². The zero-order chi connectivity index (χ0) is 15.5. The van der Waals surface area contributed by atoms with Gasteiger partial charge in [-0.1, -0.05) is 26.0 Å². The lowest BCUT2D eigenvalue weighted by molar-refractivity contribution is -0.136. The second-order valence-corrected chi connectivity index (χ2v) is 5.13. The first-order valence-corrected chi connectivity index (χ1v) is 7.42. The van der Waals surface area contributed by atoms with Gasteiger partial charge in [-0.2, -0.15) is 0 Å². The minimum absolute atomic E-state index is 0.0324. The highest BCUT2D eigenvalue weighted by Gasteiger charge is 2.45. The summed E-state index contributed by atoms with van der Waals surface area (Å²) in [6.07, 6.45) is 1.14. The molecule has 2 rings (SSSR count). The number of ether oxygens (including phenoxy) is 1. The highest BCUT2D eigenvalue weighted by atomic mass is 16.5. The summed E-state index contributed by atoms with van der Waals surface area (Å²) in [7, 11) is 0. The lowest BCUT2D eigenvalue weighted by Gasteiger charge is -2.41. The van der Waals surface area contributed by atoms with Crippen molar-refractivity contribution < 1.29 is 14.3 Å². The fourth-order valence-electron chi connectivity index (χ4n) is 2.72. The summed E-state index contributed by atoms with van der Waals surface area (Å²) in [4.78, 5) is 26.5. The van der Waals surface area contributed by atoms with E-state index in [1.807, 2.05) is 45.0 Å². The van der Waals surface area contributed by atoms with Crippen molar-refractivity contribution in [1.82, 2.24) is 5.32 Å². The summed E-state index contributed by atoms with van der Waals surface area (Å²) < 4.78 is 5.58. The van der Waals surface area contributed by atoms with Gasteiger partial charge >= 0.3 is 0 Å². The standard InChI is InChI=1S/C16H22N2O3/c1-4-16(5-2)15(20)18(11-14(19)17-16)12-9-7-8-10-13(12)21-6-3/h7-10H,4-6,11H2,1-3H3,(H,17,19). The molecule has 1 aromatic rings. The van der Waals surface area contributed by atoms with Crippen LogP contribution in [0.4, 0.5) is 5.69 Å². The molecule has 2 amide bonds. The normalized spacial score (nSPS) is 17.6. The van der Waals surface area contributed by atoms with Gasteiger partial charge in [0.15, 0.2) is 0 Å². The molecule has 114 valence electrons. The molecule has 0 radical (unpaired) electrons. The van der Waals surface area contributed by atoms with Crippen molar-refractivity contribution in [3.8, 4) is 5.75 Å².